The minimum atomic E-state index is -0.382. The topological polar surface area (TPSA) is 71.8 Å². The molecule has 0 aromatic carbocycles. The van der Waals surface area contributed by atoms with E-state index in [0.29, 0.717) is 11.6 Å². The lowest BCUT2D eigenvalue weighted by molar-refractivity contribution is 0.262. The number of carbonyl (C=O) groups is 1. The van der Waals surface area contributed by atoms with Crippen LogP contribution in [0.15, 0.2) is 47.1 Å². The third-order valence-corrected chi connectivity index (χ3v) is 3.41. The first-order valence-corrected chi connectivity index (χ1v) is 7.88. The van der Waals surface area contributed by atoms with Gasteiger partial charge in [0.05, 0.1) is 11.4 Å². The van der Waals surface area contributed by atoms with E-state index in [1.807, 2.05) is 39.0 Å². The summed E-state index contributed by atoms with van der Waals surface area (Å²) in [7, 11) is 0. The van der Waals surface area contributed by atoms with Crippen molar-refractivity contribution in [2.45, 2.75) is 20.8 Å². The second-order valence-electron chi connectivity index (χ2n) is 4.73. The van der Waals surface area contributed by atoms with Crippen LogP contribution in [0.25, 0.3) is 5.70 Å². The minimum Gasteiger partial charge on any atom is -0.292 e. The SMILES string of the molecule is CC=CC(=CC)n1nc(C)cc1NC(=O)Nc1cc(Br)ccn1. The summed E-state index contributed by atoms with van der Waals surface area (Å²) in [6, 6.07) is 4.93. The number of aromatic nitrogens is 3. The number of carbonyl (C=O) groups excluding carboxylic acids is 1. The molecule has 0 atom stereocenters. The molecular weight excluding hydrogens is 358 g/mol. The molecule has 2 N–H and O–H groups in total. The lowest BCUT2D eigenvalue weighted by Gasteiger charge is -2.10. The predicted octanol–water partition coefficient (Wildman–Crippen LogP) is 4.43. The van der Waals surface area contributed by atoms with Crippen LogP contribution in [-0.2, 0) is 0 Å². The Labute approximate surface area is 143 Å². The van der Waals surface area contributed by atoms with Crippen LogP contribution < -0.4 is 10.6 Å². The molecule has 0 saturated carbocycles. The first-order valence-electron chi connectivity index (χ1n) is 7.09. The first-order chi connectivity index (χ1) is 11.0. The van der Waals surface area contributed by atoms with Gasteiger partial charge in [-0.15, -0.1) is 0 Å². The van der Waals surface area contributed by atoms with E-state index >= 15 is 0 Å². The van der Waals surface area contributed by atoms with Crippen molar-refractivity contribution >= 4 is 39.3 Å². The average molecular weight is 376 g/mol. The standard InChI is InChI=1S/C16H18BrN5O/c1-4-6-13(5-2)22-15(9-11(3)21-22)20-16(23)19-14-10-12(17)7-8-18-14/h4-10H,1-3H3,(H2,18,19,20,23). The molecule has 2 amide bonds. The molecule has 2 aromatic rings. The third kappa shape index (κ3) is 4.53. The van der Waals surface area contributed by atoms with Crippen molar-refractivity contribution in [3.63, 3.8) is 0 Å². The van der Waals surface area contributed by atoms with E-state index in [1.165, 1.54) is 0 Å². The highest BCUT2D eigenvalue weighted by molar-refractivity contribution is 9.10. The van der Waals surface area contributed by atoms with E-state index in [9.17, 15) is 4.79 Å². The van der Waals surface area contributed by atoms with Gasteiger partial charge in [0.2, 0.25) is 0 Å². The molecule has 0 aliphatic rings. The smallest absolute Gasteiger partial charge is 0.292 e. The maximum Gasteiger partial charge on any atom is 0.326 e. The Hall–Kier alpha value is -2.41. The molecule has 0 spiro atoms. The van der Waals surface area contributed by atoms with Crippen LogP contribution in [0.5, 0.6) is 0 Å². The van der Waals surface area contributed by atoms with Gasteiger partial charge in [-0.3, -0.25) is 10.6 Å². The summed E-state index contributed by atoms with van der Waals surface area (Å²) in [6.07, 6.45) is 7.37. The molecule has 23 heavy (non-hydrogen) atoms. The average Bonchev–Trinajstić information content (AvgIpc) is 2.85. The zero-order valence-electron chi connectivity index (χ0n) is 13.2. The fraction of sp³-hybridized carbons (Fsp3) is 0.188. The van der Waals surface area contributed by atoms with Crippen molar-refractivity contribution in [3.05, 3.63) is 52.8 Å². The van der Waals surface area contributed by atoms with E-state index < -0.39 is 0 Å². The highest BCUT2D eigenvalue weighted by Crippen LogP contribution is 2.18. The minimum absolute atomic E-state index is 0.382. The van der Waals surface area contributed by atoms with Gasteiger partial charge in [0.25, 0.3) is 0 Å². The van der Waals surface area contributed by atoms with Gasteiger partial charge in [0.1, 0.15) is 11.6 Å². The molecular formula is C16H18BrN5O. The number of rotatable bonds is 4. The highest BCUT2D eigenvalue weighted by Gasteiger charge is 2.11. The summed E-state index contributed by atoms with van der Waals surface area (Å²) in [5, 5.41) is 9.89. The summed E-state index contributed by atoms with van der Waals surface area (Å²) in [5.41, 5.74) is 1.68. The van der Waals surface area contributed by atoms with Crippen LogP contribution in [0.3, 0.4) is 0 Å². The molecule has 6 nitrogen and oxygen atoms in total. The Kier molecular flexibility index (Phi) is 5.70. The zero-order chi connectivity index (χ0) is 16.8. The van der Waals surface area contributed by atoms with Crippen LogP contribution in [0, 0.1) is 6.92 Å². The molecule has 0 fully saturated rings. The molecule has 0 radical (unpaired) electrons. The highest BCUT2D eigenvalue weighted by atomic mass is 79.9. The number of hydrogen-bond donors (Lipinski definition) is 2. The maximum absolute atomic E-state index is 12.2. The molecule has 0 unspecified atom stereocenters. The summed E-state index contributed by atoms with van der Waals surface area (Å²) >= 11 is 3.34. The monoisotopic (exact) mass is 375 g/mol. The van der Waals surface area contributed by atoms with Crippen LogP contribution in [0.1, 0.15) is 19.5 Å². The zero-order valence-corrected chi connectivity index (χ0v) is 14.8. The summed E-state index contributed by atoms with van der Waals surface area (Å²) < 4.78 is 2.52. The van der Waals surface area contributed by atoms with Crippen molar-refractivity contribution in [2.75, 3.05) is 10.6 Å². The predicted molar refractivity (Wildman–Crippen MR) is 96.3 cm³/mol. The van der Waals surface area contributed by atoms with Gasteiger partial charge >= 0.3 is 6.03 Å². The van der Waals surface area contributed by atoms with Crippen LogP contribution in [-0.4, -0.2) is 20.8 Å². The van der Waals surface area contributed by atoms with Gasteiger partial charge in [-0.25, -0.2) is 14.5 Å². The fourth-order valence-electron chi connectivity index (χ4n) is 1.98. The number of nitrogens with one attached hydrogen (secondary N) is 2. The number of hydrogen-bond acceptors (Lipinski definition) is 3. The molecule has 0 aliphatic heterocycles. The quantitative estimate of drug-likeness (QED) is 0.776. The first kappa shape index (κ1) is 17.0. The Morgan fingerprint density at radius 2 is 2.09 bits per heavy atom. The van der Waals surface area contributed by atoms with Crippen molar-refractivity contribution < 1.29 is 4.79 Å². The Morgan fingerprint density at radius 3 is 2.74 bits per heavy atom. The second-order valence-corrected chi connectivity index (χ2v) is 5.65. The van der Waals surface area contributed by atoms with Crippen molar-refractivity contribution in [1.82, 2.24) is 14.8 Å². The van der Waals surface area contributed by atoms with E-state index in [2.05, 4.69) is 36.6 Å². The van der Waals surface area contributed by atoms with Gasteiger partial charge in [-0.1, -0.05) is 28.1 Å². The molecule has 2 aromatic heterocycles. The van der Waals surface area contributed by atoms with Crippen molar-refractivity contribution in [3.8, 4) is 0 Å². The maximum atomic E-state index is 12.2. The van der Waals surface area contributed by atoms with Gasteiger partial charge in [0.15, 0.2) is 0 Å². The van der Waals surface area contributed by atoms with Gasteiger partial charge in [-0.2, -0.15) is 5.10 Å². The number of urea groups is 1. The number of nitrogens with zero attached hydrogens (tertiary/aromatic N) is 3. The Balaban J connectivity index is 2.18. The lowest BCUT2D eigenvalue weighted by Crippen LogP contribution is -2.22. The van der Waals surface area contributed by atoms with E-state index in [4.69, 9.17) is 0 Å². The van der Waals surface area contributed by atoms with E-state index in [1.54, 1.807) is 29.1 Å². The number of pyridine rings is 1. The molecule has 2 heterocycles. The number of halogens is 1. The summed E-state index contributed by atoms with van der Waals surface area (Å²) in [4.78, 5) is 16.2. The molecule has 120 valence electrons. The second kappa shape index (κ2) is 7.73. The van der Waals surface area contributed by atoms with E-state index in [-0.39, 0.29) is 6.03 Å². The lowest BCUT2D eigenvalue weighted by atomic mass is 10.3. The van der Waals surface area contributed by atoms with Gasteiger partial charge in [-0.05, 0) is 39.0 Å². The summed E-state index contributed by atoms with van der Waals surface area (Å²) in [6.45, 7) is 5.72. The van der Waals surface area contributed by atoms with Crippen molar-refractivity contribution in [1.29, 1.82) is 0 Å². The van der Waals surface area contributed by atoms with E-state index in [0.717, 1.165) is 15.9 Å². The third-order valence-electron chi connectivity index (χ3n) is 2.91. The molecule has 2 rings (SSSR count). The fourth-order valence-corrected chi connectivity index (χ4v) is 2.32. The van der Waals surface area contributed by atoms with Crippen molar-refractivity contribution in [2.24, 2.45) is 0 Å². The van der Waals surface area contributed by atoms with Crippen LogP contribution in [0.2, 0.25) is 0 Å². The number of amides is 2. The molecule has 0 aliphatic carbocycles. The van der Waals surface area contributed by atoms with Crippen LogP contribution in [0.4, 0.5) is 16.4 Å². The molecule has 0 bridgehead atoms. The number of anilines is 2. The Bertz CT molecular complexity index is 764. The summed E-state index contributed by atoms with van der Waals surface area (Å²) in [5.74, 6) is 1.04. The number of aryl methyl sites for hydroxylation is 1. The molecule has 0 saturated heterocycles. The van der Waals surface area contributed by atoms with Gasteiger partial charge < -0.3 is 0 Å². The Morgan fingerprint density at radius 1 is 1.30 bits per heavy atom. The van der Waals surface area contributed by atoms with Gasteiger partial charge in [0, 0.05) is 16.7 Å². The normalized spacial score (nSPS) is 11.7. The largest absolute Gasteiger partial charge is 0.326 e. The molecule has 7 heteroatoms. The van der Waals surface area contributed by atoms with Crippen LogP contribution >= 0.6 is 15.9 Å². The number of allylic oxidation sites excluding steroid dienone is 4.